The smallest absolute Gasteiger partial charge is 0.257 e. The normalized spacial score (nSPS) is 11.3. The molecule has 0 unspecified atom stereocenters. The molecule has 0 bridgehead atoms. The Hall–Kier alpha value is -3.19. The standard InChI is InChI=1S/C19H17FN4O2/c1-26-11-10-24-9-8-12-13(4-2-7-16(12)24)19(25)21-18-17-14(20)5-3-6-15(17)22-23-18/h2-9H,10-11H2,1H3,(H2,21,22,23,25). The van der Waals surface area contributed by atoms with Crippen LogP contribution in [0.25, 0.3) is 21.8 Å². The number of aromatic nitrogens is 3. The summed E-state index contributed by atoms with van der Waals surface area (Å²) < 4.78 is 21.2. The van der Waals surface area contributed by atoms with Crippen LogP contribution in [-0.4, -0.2) is 34.4 Å². The van der Waals surface area contributed by atoms with Gasteiger partial charge in [-0.05, 0) is 30.3 Å². The summed E-state index contributed by atoms with van der Waals surface area (Å²) in [7, 11) is 1.65. The van der Waals surface area contributed by atoms with Gasteiger partial charge < -0.3 is 14.6 Å². The van der Waals surface area contributed by atoms with E-state index in [0.717, 1.165) is 10.9 Å². The van der Waals surface area contributed by atoms with Crippen LogP contribution in [0, 0.1) is 5.82 Å². The van der Waals surface area contributed by atoms with Crippen molar-refractivity contribution in [3.63, 3.8) is 0 Å². The number of carbonyl (C=O) groups excluding carboxylic acids is 1. The molecule has 0 saturated carbocycles. The topological polar surface area (TPSA) is 71.9 Å². The van der Waals surface area contributed by atoms with E-state index < -0.39 is 5.82 Å². The molecule has 1 amide bonds. The average Bonchev–Trinajstić information content (AvgIpc) is 3.25. The van der Waals surface area contributed by atoms with E-state index in [1.807, 2.05) is 29.0 Å². The third-order valence-electron chi connectivity index (χ3n) is 4.37. The summed E-state index contributed by atoms with van der Waals surface area (Å²) in [5.74, 6) is -0.592. The van der Waals surface area contributed by atoms with Gasteiger partial charge in [0, 0.05) is 36.3 Å². The summed E-state index contributed by atoms with van der Waals surface area (Å²) in [5, 5.41) is 10.6. The molecule has 0 radical (unpaired) electrons. The summed E-state index contributed by atoms with van der Waals surface area (Å²) in [6, 6.07) is 12.0. The van der Waals surface area contributed by atoms with Gasteiger partial charge in [-0.25, -0.2) is 4.39 Å². The number of halogens is 1. The molecule has 26 heavy (non-hydrogen) atoms. The predicted octanol–water partition coefficient (Wildman–Crippen LogP) is 3.56. The van der Waals surface area contributed by atoms with Crippen LogP contribution in [0.15, 0.2) is 48.7 Å². The van der Waals surface area contributed by atoms with E-state index in [1.54, 1.807) is 25.3 Å². The van der Waals surface area contributed by atoms with Gasteiger partial charge in [-0.2, -0.15) is 5.10 Å². The molecule has 4 aromatic rings. The van der Waals surface area contributed by atoms with Gasteiger partial charge in [0.1, 0.15) is 5.82 Å². The summed E-state index contributed by atoms with van der Waals surface area (Å²) in [6.07, 6.45) is 1.92. The number of hydrogen-bond donors (Lipinski definition) is 2. The highest BCUT2D eigenvalue weighted by atomic mass is 19.1. The number of H-pyrrole nitrogens is 1. The average molecular weight is 352 g/mol. The highest BCUT2D eigenvalue weighted by Crippen LogP contribution is 2.25. The number of nitrogens with zero attached hydrogens (tertiary/aromatic N) is 2. The maximum atomic E-state index is 14.1. The van der Waals surface area contributed by atoms with Crippen molar-refractivity contribution in [2.45, 2.75) is 6.54 Å². The third-order valence-corrected chi connectivity index (χ3v) is 4.37. The van der Waals surface area contributed by atoms with Gasteiger partial charge in [-0.3, -0.25) is 9.89 Å². The Morgan fingerprint density at radius 2 is 2.12 bits per heavy atom. The van der Waals surface area contributed by atoms with Crippen molar-refractivity contribution in [1.82, 2.24) is 14.8 Å². The molecule has 2 N–H and O–H groups in total. The molecule has 2 aromatic heterocycles. The lowest BCUT2D eigenvalue weighted by molar-refractivity contribution is 0.102. The molecule has 4 rings (SSSR count). The van der Waals surface area contributed by atoms with E-state index in [4.69, 9.17) is 4.74 Å². The zero-order valence-electron chi connectivity index (χ0n) is 14.1. The largest absolute Gasteiger partial charge is 0.383 e. The first-order valence-electron chi connectivity index (χ1n) is 8.20. The lowest BCUT2D eigenvalue weighted by Gasteiger charge is -2.07. The minimum absolute atomic E-state index is 0.180. The molecule has 2 heterocycles. The summed E-state index contributed by atoms with van der Waals surface area (Å²) in [6.45, 7) is 1.28. The van der Waals surface area contributed by atoms with Crippen LogP contribution in [0.5, 0.6) is 0 Å². The van der Waals surface area contributed by atoms with Crippen LogP contribution in [0.3, 0.4) is 0 Å². The van der Waals surface area contributed by atoms with Crippen LogP contribution in [0.2, 0.25) is 0 Å². The Labute approximate surface area is 148 Å². The first-order chi connectivity index (χ1) is 12.7. The monoisotopic (exact) mass is 352 g/mol. The quantitative estimate of drug-likeness (QED) is 0.577. The first kappa shape index (κ1) is 16.3. The van der Waals surface area contributed by atoms with Gasteiger partial charge in [-0.1, -0.05) is 12.1 Å². The second-order valence-electron chi connectivity index (χ2n) is 5.93. The van der Waals surface area contributed by atoms with Crippen LogP contribution in [0.1, 0.15) is 10.4 Å². The number of nitrogens with one attached hydrogen (secondary N) is 2. The first-order valence-corrected chi connectivity index (χ1v) is 8.20. The van der Waals surface area contributed by atoms with Crippen molar-refractivity contribution in [2.75, 3.05) is 19.0 Å². The molecule has 0 saturated heterocycles. The molecule has 0 fully saturated rings. The molecule has 6 nitrogen and oxygen atoms in total. The van der Waals surface area contributed by atoms with E-state index in [1.165, 1.54) is 6.07 Å². The number of methoxy groups -OCH3 is 1. The van der Waals surface area contributed by atoms with Crippen LogP contribution < -0.4 is 5.32 Å². The number of benzene rings is 2. The van der Waals surface area contributed by atoms with E-state index in [-0.39, 0.29) is 17.1 Å². The van der Waals surface area contributed by atoms with Crippen LogP contribution in [-0.2, 0) is 11.3 Å². The van der Waals surface area contributed by atoms with Crippen molar-refractivity contribution < 1.29 is 13.9 Å². The Bertz CT molecular complexity index is 1100. The van der Waals surface area contributed by atoms with Crippen LogP contribution in [0.4, 0.5) is 10.2 Å². The number of aromatic amines is 1. The van der Waals surface area contributed by atoms with Gasteiger partial charge in [0.15, 0.2) is 5.82 Å². The fourth-order valence-corrected chi connectivity index (χ4v) is 3.10. The minimum Gasteiger partial charge on any atom is -0.383 e. The van der Waals surface area contributed by atoms with Crippen molar-refractivity contribution in [3.05, 3.63) is 60.0 Å². The maximum absolute atomic E-state index is 14.1. The lowest BCUT2D eigenvalue weighted by atomic mass is 10.1. The van der Waals surface area contributed by atoms with E-state index in [9.17, 15) is 9.18 Å². The minimum atomic E-state index is -0.435. The molecule has 132 valence electrons. The third kappa shape index (κ3) is 2.72. The Morgan fingerprint density at radius 3 is 2.96 bits per heavy atom. The zero-order valence-corrected chi connectivity index (χ0v) is 14.1. The summed E-state index contributed by atoms with van der Waals surface area (Å²) in [4.78, 5) is 12.8. The van der Waals surface area contributed by atoms with Crippen molar-refractivity contribution in [1.29, 1.82) is 0 Å². The summed E-state index contributed by atoms with van der Waals surface area (Å²) in [5.41, 5.74) is 1.98. The van der Waals surface area contributed by atoms with E-state index in [0.29, 0.717) is 24.2 Å². The van der Waals surface area contributed by atoms with Gasteiger partial charge in [0.2, 0.25) is 0 Å². The van der Waals surface area contributed by atoms with Gasteiger partial charge in [0.25, 0.3) is 5.91 Å². The number of carbonyl (C=O) groups is 1. The predicted molar refractivity (Wildman–Crippen MR) is 97.8 cm³/mol. The second-order valence-corrected chi connectivity index (χ2v) is 5.93. The highest BCUT2D eigenvalue weighted by molar-refractivity contribution is 6.14. The van der Waals surface area contributed by atoms with Crippen molar-refractivity contribution in [2.24, 2.45) is 0 Å². The number of ether oxygens (including phenoxy) is 1. The highest BCUT2D eigenvalue weighted by Gasteiger charge is 2.16. The second kappa shape index (κ2) is 6.61. The fourth-order valence-electron chi connectivity index (χ4n) is 3.10. The number of hydrogen-bond acceptors (Lipinski definition) is 3. The van der Waals surface area contributed by atoms with Gasteiger partial charge in [0.05, 0.1) is 17.5 Å². The Balaban J connectivity index is 1.69. The molecule has 2 aromatic carbocycles. The molecular formula is C19H17FN4O2. The molecular weight excluding hydrogens is 335 g/mol. The molecule has 0 atom stereocenters. The lowest BCUT2D eigenvalue weighted by Crippen LogP contribution is -2.13. The van der Waals surface area contributed by atoms with Gasteiger partial charge >= 0.3 is 0 Å². The van der Waals surface area contributed by atoms with Crippen molar-refractivity contribution in [3.8, 4) is 0 Å². The Morgan fingerprint density at radius 1 is 1.27 bits per heavy atom. The fraction of sp³-hybridized carbons (Fsp3) is 0.158. The number of rotatable bonds is 5. The number of anilines is 1. The summed E-state index contributed by atoms with van der Waals surface area (Å²) >= 11 is 0. The van der Waals surface area contributed by atoms with Crippen molar-refractivity contribution >= 4 is 33.5 Å². The number of fused-ring (bicyclic) bond motifs is 2. The SMILES string of the molecule is COCCn1ccc2c(C(=O)Nc3n[nH]c4cccc(F)c34)cccc21. The molecule has 0 aliphatic carbocycles. The molecule has 7 heteroatoms. The molecule has 0 aliphatic heterocycles. The van der Waals surface area contributed by atoms with Crippen LogP contribution >= 0.6 is 0 Å². The molecule has 0 spiro atoms. The van der Waals surface area contributed by atoms with E-state index >= 15 is 0 Å². The maximum Gasteiger partial charge on any atom is 0.257 e. The molecule has 0 aliphatic rings. The van der Waals surface area contributed by atoms with Gasteiger partial charge in [-0.15, -0.1) is 0 Å². The Kier molecular flexibility index (Phi) is 4.14. The zero-order chi connectivity index (χ0) is 18.1. The van der Waals surface area contributed by atoms with E-state index in [2.05, 4.69) is 15.5 Å². The number of amides is 1.